The van der Waals surface area contributed by atoms with E-state index in [4.69, 9.17) is 9.47 Å². The number of nitrogens with one attached hydrogen (secondary N) is 1. The highest BCUT2D eigenvalue weighted by atomic mass is 16.5. The van der Waals surface area contributed by atoms with E-state index in [-0.39, 0.29) is 11.7 Å². The molecule has 0 bridgehead atoms. The van der Waals surface area contributed by atoms with Gasteiger partial charge in [-0.2, -0.15) is 5.10 Å². The molecule has 1 aliphatic rings. The molecule has 2 aromatic heterocycles. The summed E-state index contributed by atoms with van der Waals surface area (Å²) in [6.45, 7) is 4.28. The van der Waals surface area contributed by atoms with Crippen molar-refractivity contribution in [2.75, 3.05) is 14.2 Å². The lowest BCUT2D eigenvalue weighted by Crippen LogP contribution is -2.29. The van der Waals surface area contributed by atoms with Crippen molar-refractivity contribution in [2.45, 2.75) is 26.4 Å². The van der Waals surface area contributed by atoms with Crippen LogP contribution in [0.4, 0.5) is 0 Å². The number of phenols is 1. The van der Waals surface area contributed by atoms with Crippen LogP contribution >= 0.6 is 0 Å². The normalized spacial score (nSPS) is 14.8. The molecule has 0 unspecified atom stereocenters. The fraction of sp³-hybridized carbons (Fsp3) is 0.222. The van der Waals surface area contributed by atoms with E-state index in [2.05, 4.69) is 15.2 Å². The van der Waals surface area contributed by atoms with E-state index in [9.17, 15) is 9.90 Å². The Kier molecular flexibility index (Phi) is 5.64. The van der Waals surface area contributed by atoms with E-state index >= 15 is 0 Å². The highest BCUT2D eigenvalue weighted by molar-refractivity contribution is 6.00. The lowest BCUT2D eigenvalue weighted by atomic mass is 9.94. The highest BCUT2D eigenvalue weighted by Crippen LogP contribution is 2.46. The molecule has 0 spiro atoms. The molecular formula is C27H26N4O4. The van der Waals surface area contributed by atoms with Gasteiger partial charge in [0.1, 0.15) is 17.1 Å². The van der Waals surface area contributed by atoms with Gasteiger partial charge in [0.05, 0.1) is 20.3 Å². The van der Waals surface area contributed by atoms with Gasteiger partial charge in [0.15, 0.2) is 11.5 Å². The zero-order valence-electron chi connectivity index (χ0n) is 20.0. The van der Waals surface area contributed by atoms with Gasteiger partial charge in [0.2, 0.25) is 0 Å². The molecule has 1 amide bonds. The number of amides is 1. The highest BCUT2D eigenvalue weighted by Gasteiger charge is 2.43. The van der Waals surface area contributed by atoms with Crippen LogP contribution in [0.15, 0.2) is 54.9 Å². The summed E-state index contributed by atoms with van der Waals surface area (Å²) < 4.78 is 11.0. The van der Waals surface area contributed by atoms with Crippen molar-refractivity contribution in [1.29, 1.82) is 0 Å². The maximum atomic E-state index is 13.6. The SMILES string of the molecule is COc1ccc([C@@H]2c3c(-c4cc(C)c(C)cc4O)n[nH]c3C(=O)N2Cc2cccnc2)cc1OC. The zero-order valence-corrected chi connectivity index (χ0v) is 20.0. The maximum absolute atomic E-state index is 13.6. The van der Waals surface area contributed by atoms with E-state index in [0.717, 1.165) is 22.3 Å². The number of aromatic amines is 1. The molecule has 178 valence electrons. The maximum Gasteiger partial charge on any atom is 0.273 e. The molecule has 0 saturated carbocycles. The van der Waals surface area contributed by atoms with Gasteiger partial charge < -0.3 is 19.5 Å². The number of pyridine rings is 1. The number of aryl methyl sites for hydroxylation is 2. The first-order valence-electron chi connectivity index (χ1n) is 11.2. The van der Waals surface area contributed by atoms with Gasteiger partial charge in [-0.15, -0.1) is 0 Å². The lowest BCUT2D eigenvalue weighted by Gasteiger charge is -2.27. The number of H-pyrrole nitrogens is 1. The Labute approximate surface area is 203 Å². The van der Waals surface area contributed by atoms with Crippen molar-refractivity contribution >= 4 is 5.91 Å². The van der Waals surface area contributed by atoms with Crippen LogP contribution in [-0.4, -0.2) is 45.3 Å². The van der Waals surface area contributed by atoms with Crippen LogP contribution in [0.2, 0.25) is 0 Å². The molecule has 0 fully saturated rings. The first kappa shape index (κ1) is 22.5. The quantitative estimate of drug-likeness (QED) is 0.429. The predicted octanol–water partition coefficient (Wildman–Crippen LogP) is 4.56. The van der Waals surface area contributed by atoms with Crippen molar-refractivity contribution in [3.8, 4) is 28.5 Å². The molecule has 8 nitrogen and oxygen atoms in total. The molecule has 2 N–H and O–H groups in total. The molecule has 0 aliphatic carbocycles. The number of benzene rings is 2. The van der Waals surface area contributed by atoms with Crippen molar-refractivity contribution < 1.29 is 19.4 Å². The Hall–Kier alpha value is -4.33. The van der Waals surface area contributed by atoms with E-state index in [0.29, 0.717) is 40.6 Å². The summed E-state index contributed by atoms with van der Waals surface area (Å²) in [6.07, 6.45) is 3.45. The number of nitrogens with zero attached hydrogens (tertiary/aromatic N) is 3. The summed E-state index contributed by atoms with van der Waals surface area (Å²) in [5.74, 6) is 1.10. The van der Waals surface area contributed by atoms with Crippen LogP contribution in [0.1, 0.15) is 44.3 Å². The summed E-state index contributed by atoms with van der Waals surface area (Å²) >= 11 is 0. The summed E-state index contributed by atoms with van der Waals surface area (Å²) in [4.78, 5) is 19.6. The number of rotatable bonds is 6. The Morgan fingerprint density at radius 1 is 1.06 bits per heavy atom. The number of carbonyl (C=O) groups excluding carboxylic acids is 1. The zero-order chi connectivity index (χ0) is 24.7. The van der Waals surface area contributed by atoms with E-state index in [1.807, 2.05) is 50.2 Å². The van der Waals surface area contributed by atoms with Crippen molar-refractivity contribution in [2.24, 2.45) is 0 Å². The van der Waals surface area contributed by atoms with Crippen LogP contribution in [0, 0.1) is 13.8 Å². The van der Waals surface area contributed by atoms with Crippen LogP contribution in [0.3, 0.4) is 0 Å². The minimum Gasteiger partial charge on any atom is -0.507 e. The first-order valence-corrected chi connectivity index (χ1v) is 11.2. The van der Waals surface area contributed by atoms with Gasteiger partial charge in [-0.05, 0) is 66.4 Å². The molecule has 2 aromatic carbocycles. The monoisotopic (exact) mass is 470 g/mol. The third kappa shape index (κ3) is 3.77. The van der Waals surface area contributed by atoms with E-state index in [1.54, 1.807) is 37.6 Å². The molecular weight excluding hydrogens is 444 g/mol. The minimum absolute atomic E-state index is 0.117. The summed E-state index contributed by atoms with van der Waals surface area (Å²) in [5.41, 5.74) is 5.98. The minimum atomic E-state index is -0.465. The average Bonchev–Trinajstić information content (AvgIpc) is 3.40. The molecule has 5 rings (SSSR count). The van der Waals surface area contributed by atoms with Crippen molar-refractivity contribution in [1.82, 2.24) is 20.1 Å². The number of fused-ring (bicyclic) bond motifs is 1. The van der Waals surface area contributed by atoms with Crippen molar-refractivity contribution in [3.63, 3.8) is 0 Å². The number of phenolic OH excluding ortho intramolecular Hbond substituents is 1. The van der Waals surface area contributed by atoms with Gasteiger partial charge >= 0.3 is 0 Å². The molecule has 8 heteroatoms. The second-order valence-electron chi connectivity index (χ2n) is 8.63. The van der Waals surface area contributed by atoms with Crippen LogP contribution in [-0.2, 0) is 6.54 Å². The lowest BCUT2D eigenvalue weighted by molar-refractivity contribution is 0.0729. The summed E-state index contributed by atoms with van der Waals surface area (Å²) in [6, 6.07) is 12.6. The van der Waals surface area contributed by atoms with Crippen LogP contribution in [0.25, 0.3) is 11.3 Å². The number of aromatic nitrogens is 3. The first-order chi connectivity index (χ1) is 16.9. The Morgan fingerprint density at radius 2 is 1.83 bits per heavy atom. The topological polar surface area (TPSA) is 101 Å². The Balaban J connectivity index is 1.70. The number of hydrogen-bond acceptors (Lipinski definition) is 6. The number of hydrogen-bond donors (Lipinski definition) is 2. The summed E-state index contributed by atoms with van der Waals surface area (Å²) in [7, 11) is 3.16. The fourth-order valence-electron chi connectivity index (χ4n) is 4.61. The number of aromatic hydroxyl groups is 1. The molecule has 1 atom stereocenters. The Bertz CT molecular complexity index is 1410. The third-order valence-corrected chi connectivity index (χ3v) is 6.53. The van der Waals surface area contributed by atoms with Crippen LogP contribution in [0.5, 0.6) is 17.2 Å². The predicted molar refractivity (Wildman–Crippen MR) is 131 cm³/mol. The second kappa shape index (κ2) is 8.79. The summed E-state index contributed by atoms with van der Waals surface area (Å²) in [5, 5.41) is 18.2. The van der Waals surface area contributed by atoms with E-state index in [1.165, 1.54) is 0 Å². The van der Waals surface area contributed by atoms with Gasteiger partial charge in [-0.25, -0.2) is 0 Å². The number of ether oxygens (including phenoxy) is 2. The average molecular weight is 471 g/mol. The standard InChI is InChI=1S/C27H26N4O4/c1-15-10-19(20(32)11-16(15)2)24-23-25(30-29-24)27(33)31(14-17-6-5-9-28-13-17)26(23)18-7-8-21(34-3)22(12-18)35-4/h5-13,26,32H,14H2,1-4H3,(H,29,30)/t26-/m1/s1. The molecule has 35 heavy (non-hydrogen) atoms. The van der Waals surface area contributed by atoms with Gasteiger partial charge in [0, 0.05) is 30.1 Å². The molecule has 3 heterocycles. The third-order valence-electron chi connectivity index (χ3n) is 6.53. The van der Waals surface area contributed by atoms with Gasteiger partial charge in [-0.1, -0.05) is 12.1 Å². The van der Waals surface area contributed by atoms with Gasteiger partial charge in [-0.3, -0.25) is 14.9 Å². The smallest absolute Gasteiger partial charge is 0.273 e. The van der Waals surface area contributed by atoms with Crippen molar-refractivity contribution in [3.05, 3.63) is 88.4 Å². The molecule has 0 radical (unpaired) electrons. The van der Waals surface area contributed by atoms with E-state index < -0.39 is 6.04 Å². The molecule has 0 saturated heterocycles. The molecule has 1 aliphatic heterocycles. The number of methoxy groups -OCH3 is 2. The number of carbonyl (C=O) groups is 1. The van der Waals surface area contributed by atoms with Crippen LogP contribution < -0.4 is 9.47 Å². The fourth-order valence-corrected chi connectivity index (χ4v) is 4.61. The van der Waals surface area contributed by atoms with Gasteiger partial charge in [0.25, 0.3) is 5.91 Å². The molecule has 4 aromatic rings. The Morgan fingerprint density at radius 3 is 2.54 bits per heavy atom. The largest absolute Gasteiger partial charge is 0.507 e. The second-order valence-corrected chi connectivity index (χ2v) is 8.63.